The van der Waals surface area contributed by atoms with Crippen LogP contribution < -0.4 is 10.9 Å². The number of benzene rings is 2. The molecule has 0 aliphatic rings. The monoisotopic (exact) mass is 441 g/mol. The van der Waals surface area contributed by atoms with Crippen molar-refractivity contribution in [1.29, 1.82) is 0 Å². The maximum absolute atomic E-state index is 14.1. The van der Waals surface area contributed by atoms with E-state index < -0.39 is 24.2 Å². The van der Waals surface area contributed by atoms with Gasteiger partial charge in [-0.15, -0.1) is 0 Å². The molecule has 2 heterocycles. The normalized spacial score (nSPS) is 12.3. The van der Waals surface area contributed by atoms with Crippen molar-refractivity contribution in [2.45, 2.75) is 19.4 Å². The summed E-state index contributed by atoms with van der Waals surface area (Å²) < 4.78 is 41.7. The molecule has 1 amide bonds. The fourth-order valence-electron chi connectivity index (χ4n) is 3.56. The molecule has 0 aliphatic heterocycles. The molecule has 4 rings (SSSR count). The maximum Gasteiger partial charge on any atom is 0.280 e. The number of aromatic amines is 1. The van der Waals surface area contributed by atoms with Crippen molar-refractivity contribution in [3.63, 3.8) is 0 Å². The third kappa shape index (κ3) is 3.75. The van der Waals surface area contributed by atoms with Gasteiger partial charge in [-0.05, 0) is 48.4 Å². The summed E-state index contributed by atoms with van der Waals surface area (Å²) in [5.41, 5.74) is 0.842. The SMILES string of the molecule is CNC(=O)c1cc(F)cc(C(C)n2cnc3cc(-c4cn[nH]c4C(F)F)ccc3c2=O)c1. The number of alkyl halides is 2. The summed E-state index contributed by atoms with van der Waals surface area (Å²) in [6.45, 7) is 1.69. The van der Waals surface area contributed by atoms with Gasteiger partial charge in [-0.1, -0.05) is 6.07 Å². The molecule has 0 saturated carbocycles. The Morgan fingerprint density at radius 3 is 2.69 bits per heavy atom. The molecule has 2 N–H and O–H groups in total. The summed E-state index contributed by atoms with van der Waals surface area (Å²) in [6.07, 6.45) is -0.122. The van der Waals surface area contributed by atoms with Crippen LogP contribution in [0.5, 0.6) is 0 Å². The van der Waals surface area contributed by atoms with E-state index in [1.807, 2.05) is 0 Å². The van der Waals surface area contributed by atoms with Gasteiger partial charge in [0.25, 0.3) is 17.9 Å². The van der Waals surface area contributed by atoms with E-state index in [4.69, 9.17) is 0 Å². The number of hydrogen-bond donors (Lipinski definition) is 2. The lowest BCUT2D eigenvalue weighted by atomic mass is 10.0. The fraction of sp³-hybridized carbons (Fsp3) is 0.182. The molecule has 164 valence electrons. The van der Waals surface area contributed by atoms with Crippen molar-refractivity contribution in [1.82, 2.24) is 25.1 Å². The van der Waals surface area contributed by atoms with Crippen molar-refractivity contribution in [3.05, 3.63) is 81.9 Å². The number of nitrogens with zero attached hydrogens (tertiary/aromatic N) is 3. The van der Waals surface area contributed by atoms with Crippen LogP contribution in [0.4, 0.5) is 13.2 Å². The first-order valence-corrected chi connectivity index (χ1v) is 9.65. The van der Waals surface area contributed by atoms with Crippen LogP contribution in [0.3, 0.4) is 0 Å². The van der Waals surface area contributed by atoms with Crippen LogP contribution >= 0.6 is 0 Å². The first-order valence-electron chi connectivity index (χ1n) is 9.65. The van der Waals surface area contributed by atoms with Crippen LogP contribution in [0.1, 0.15) is 41.0 Å². The molecule has 4 aromatic rings. The summed E-state index contributed by atoms with van der Waals surface area (Å²) in [7, 11) is 1.44. The van der Waals surface area contributed by atoms with E-state index in [1.54, 1.807) is 13.0 Å². The molecule has 0 radical (unpaired) electrons. The lowest BCUT2D eigenvalue weighted by Crippen LogP contribution is -2.25. The van der Waals surface area contributed by atoms with E-state index >= 15 is 0 Å². The van der Waals surface area contributed by atoms with Crippen LogP contribution in [0.2, 0.25) is 0 Å². The summed E-state index contributed by atoms with van der Waals surface area (Å²) in [5, 5.41) is 8.66. The largest absolute Gasteiger partial charge is 0.355 e. The van der Waals surface area contributed by atoms with E-state index in [1.165, 1.54) is 48.4 Å². The number of hydrogen-bond acceptors (Lipinski definition) is 4. The van der Waals surface area contributed by atoms with Crippen LogP contribution in [-0.4, -0.2) is 32.7 Å². The average Bonchev–Trinajstić information content (AvgIpc) is 3.28. The molecule has 1 atom stereocenters. The third-order valence-corrected chi connectivity index (χ3v) is 5.29. The highest BCUT2D eigenvalue weighted by atomic mass is 19.3. The van der Waals surface area contributed by atoms with Crippen LogP contribution in [0.25, 0.3) is 22.0 Å². The summed E-state index contributed by atoms with van der Waals surface area (Å²) in [6, 6.07) is 7.85. The maximum atomic E-state index is 14.1. The molecule has 2 aromatic carbocycles. The number of carbonyl (C=O) groups excluding carboxylic acids is 1. The van der Waals surface area contributed by atoms with Crippen LogP contribution in [0.15, 0.2) is 53.7 Å². The molecule has 0 saturated heterocycles. The fourth-order valence-corrected chi connectivity index (χ4v) is 3.56. The number of halogens is 3. The number of nitrogens with one attached hydrogen (secondary N) is 2. The summed E-state index contributed by atoms with van der Waals surface area (Å²) in [5.74, 6) is -1.05. The van der Waals surface area contributed by atoms with Crippen molar-refractivity contribution in [2.24, 2.45) is 0 Å². The third-order valence-electron chi connectivity index (χ3n) is 5.29. The molecule has 0 fully saturated rings. The molecule has 1 unspecified atom stereocenters. The Morgan fingerprint density at radius 1 is 1.19 bits per heavy atom. The predicted octanol–water partition coefficient (Wildman–Crippen LogP) is 3.83. The summed E-state index contributed by atoms with van der Waals surface area (Å²) in [4.78, 5) is 29.3. The van der Waals surface area contributed by atoms with E-state index in [0.717, 1.165) is 6.07 Å². The molecular formula is C22H18F3N5O2. The number of aromatic nitrogens is 4. The molecule has 32 heavy (non-hydrogen) atoms. The number of fused-ring (bicyclic) bond motifs is 1. The van der Waals surface area contributed by atoms with Crippen molar-refractivity contribution >= 4 is 16.8 Å². The lowest BCUT2D eigenvalue weighted by molar-refractivity contribution is 0.0962. The Kier molecular flexibility index (Phi) is 5.52. The zero-order valence-electron chi connectivity index (χ0n) is 17.1. The van der Waals surface area contributed by atoms with E-state index in [2.05, 4.69) is 20.5 Å². The van der Waals surface area contributed by atoms with Gasteiger partial charge in [0, 0.05) is 18.2 Å². The van der Waals surface area contributed by atoms with Crippen molar-refractivity contribution < 1.29 is 18.0 Å². The summed E-state index contributed by atoms with van der Waals surface area (Å²) >= 11 is 0. The van der Waals surface area contributed by atoms with Gasteiger partial charge < -0.3 is 5.32 Å². The molecule has 0 aliphatic carbocycles. The number of H-pyrrole nitrogens is 1. The lowest BCUT2D eigenvalue weighted by Gasteiger charge is -2.17. The van der Waals surface area contributed by atoms with E-state index in [9.17, 15) is 22.8 Å². The van der Waals surface area contributed by atoms with Crippen LogP contribution in [0, 0.1) is 5.82 Å². The highest BCUT2D eigenvalue weighted by Gasteiger charge is 2.19. The predicted molar refractivity (Wildman–Crippen MR) is 112 cm³/mol. The first kappa shape index (κ1) is 21.3. The minimum absolute atomic E-state index is 0.135. The Labute approximate surface area is 179 Å². The quantitative estimate of drug-likeness (QED) is 0.492. The number of carbonyl (C=O) groups is 1. The van der Waals surface area contributed by atoms with Crippen LogP contribution in [-0.2, 0) is 0 Å². The second-order valence-corrected chi connectivity index (χ2v) is 7.22. The smallest absolute Gasteiger partial charge is 0.280 e. The minimum atomic E-state index is -2.73. The molecule has 0 spiro atoms. The standard InChI is InChI=1S/C22H18F3N5O2/c1-11(13-5-14(21(31)26-2)7-15(23)6-13)30-10-27-18-8-12(3-4-16(18)22(30)32)17-9-28-29-19(17)20(24)25/h3-11,20H,1-2H3,(H,26,31)(H,28,29). The molecular weight excluding hydrogens is 423 g/mol. The van der Waals surface area contributed by atoms with E-state index in [-0.39, 0.29) is 27.8 Å². The molecule has 10 heteroatoms. The molecule has 0 bridgehead atoms. The Morgan fingerprint density at radius 2 is 1.97 bits per heavy atom. The molecule has 7 nitrogen and oxygen atoms in total. The van der Waals surface area contributed by atoms with Gasteiger partial charge in [-0.25, -0.2) is 18.2 Å². The van der Waals surface area contributed by atoms with E-state index in [0.29, 0.717) is 16.6 Å². The van der Waals surface area contributed by atoms with Gasteiger partial charge >= 0.3 is 0 Å². The highest BCUT2D eigenvalue weighted by Crippen LogP contribution is 2.30. The zero-order valence-corrected chi connectivity index (χ0v) is 17.1. The van der Waals surface area contributed by atoms with Crippen molar-refractivity contribution in [2.75, 3.05) is 7.05 Å². The zero-order chi connectivity index (χ0) is 23.0. The van der Waals surface area contributed by atoms with Gasteiger partial charge in [-0.3, -0.25) is 19.3 Å². The number of amides is 1. The number of rotatable bonds is 5. The minimum Gasteiger partial charge on any atom is -0.355 e. The van der Waals surface area contributed by atoms with Gasteiger partial charge in [0.15, 0.2) is 0 Å². The average molecular weight is 441 g/mol. The Bertz CT molecular complexity index is 1380. The van der Waals surface area contributed by atoms with Gasteiger partial charge in [0.1, 0.15) is 11.5 Å². The van der Waals surface area contributed by atoms with Gasteiger partial charge in [0.2, 0.25) is 0 Å². The van der Waals surface area contributed by atoms with Crippen molar-refractivity contribution in [3.8, 4) is 11.1 Å². The van der Waals surface area contributed by atoms with Gasteiger partial charge in [0.05, 0.1) is 29.5 Å². The Hall–Kier alpha value is -3.95. The second-order valence-electron chi connectivity index (χ2n) is 7.22. The van der Waals surface area contributed by atoms with Gasteiger partial charge in [-0.2, -0.15) is 5.10 Å². The highest BCUT2D eigenvalue weighted by molar-refractivity contribution is 5.94. The first-order chi connectivity index (χ1) is 15.3. The topological polar surface area (TPSA) is 92.7 Å². The second kappa shape index (κ2) is 8.29. The molecule has 2 aromatic heterocycles. The Balaban J connectivity index is 1.76.